The van der Waals surface area contributed by atoms with Crippen molar-refractivity contribution in [2.45, 2.75) is 19.4 Å². The highest BCUT2D eigenvalue weighted by atomic mass is 16.3. The predicted octanol–water partition coefficient (Wildman–Crippen LogP) is 4.81. The van der Waals surface area contributed by atoms with Crippen LogP contribution < -0.4 is 5.32 Å². The Bertz CT molecular complexity index is 757. The molecule has 2 N–H and O–H groups in total. The molecule has 0 saturated carbocycles. The third-order valence-electron chi connectivity index (χ3n) is 3.60. The highest BCUT2D eigenvalue weighted by Gasteiger charge is 2.20. The lowest BCUT2D eigenvalue weighted by molar-refractivity contribution is 0.0795. The zero-order chi connectivity index (χ0) is 14.9. The van der Waals surface area contributed by atoms with Crippen LogP contribution in [-0.2, 0) is 5.60 Å². The standard InChI is InChI=1S/C19H19NO/c1-19(2,21)17-12-14-8-6-7-9-15(14)13-18(17)20-16-10-4-3-5-11-16/h3-13,20-21H,1-2H3. The summed E-state index contributed by atoms with van der Waals surface area (Å²) in [4.78, 5) is 0. The average molecular weight is 277 g/mol. The average Bonchev–Trinajstić information content (AvgIpc) is 2.46. The molecule has 0 unspecified atom stereocenters. The zero-order valence-electron chi connectivity index (χ0n) is 12.3. The van der Waals surface area contributed by atoms with Gasteiger partial charge in [0.25, 0.3) is 0 Å². The Hall–Kier alpha value is -2.32. The summed E-state index contributed by atoms with van der Waals surface area (Å²) in [7, 11) is 0. The van der Waals surface area contributed by atoms with Gasteiger partial charge in [-0.2, -0.15) is 0 Å². The second-order valence-electron chi connectivity index (χ2n) is 5.79. The molecule has 0 fully saturated rings. The molecule has 3 aromatic carbocycles. The number of benzene rings is 3. The Kier molecular flexibility index (Phi) is 3.40. The van der Waals surface area contributed by atoms with Gasteiger partial charge in [0.05, 0.1) is 5.60 Å². The third-order valence-corrected chi connectivity index (χ3v) is 3.60. The quantitative estimate of drug-likeness (QED) is 0.720. The highest BCUT2D eigenvalue weighted by molar-refractivity contribution is 5.88. The first kappa shape index (κ1) is 13.7. The van der Waals surface area contributed by atoms with E-state index >= 15 is 0 Å². The van der Waals surface area contributed by atoms with Crippen LogP contribution in [0.4, 0.5) is 11.4 Å². The van der Waals surface area contributed by atoms with Gasteiger partial charge >= 0.3 is 0 Å². The van der Waals surface area contributed by atoms with Gasteiger partial charge in [-0.05, 0) is 48.9 Å². The molecule has 0 atom stereocenters. The van der Waals surface area contributed by atoms with Gasteiger partial charge in [-0.25, -0.2) is 0 Å². The van der Waals surface area contributed by atoms with E-state index in [1.165, 1.54) is 0 Å². The Morgan fingerprint density at radius 2 is 1.38 bits per heavy atom. The molecule has 0 spiro atoms. The van der Waals surface area contributed by atoms with Crippen LogP contribution in [0.15, 0.2) is 66.7 Å². The van der Waals surface area contributed by atoms with E-state index in [1.54, 1.807) is 0 Å². The van der Waals surface area contributed by atoms with Gasteiger partial charge in [0.2, 0.25) is 0 Å². The summed E-state index contributed by atoms with van der Waals surface area (Å²) in [6.45, 7) is 3.63. The van der Waals surface area contributed by atoms with Gasteiger partial charge in [-0.3, -0.25) is 0 Å². The van der Waals surface area contributed by atoms with Crippen molar-refractivity contribution in [1.82, 2.24) is 0 Å². The maximum absolute atomic E-state index is 10.5. The maximum atomic E-state index is 10.5. The minimum Gasteiger partial charge on any atom is -0.386 e. The number of hydrogen-bond acceptors (Lipinski definition) is 2. The number of nitrogens with one attached hydrogen (secondary N) is 1. The van der Waals surface area contributed by atoms with E-state index in [1.807, 2.05) is 56.3 Å². The van der Waals surface area contributed by atoms with Gasteiger partial charge in [0.15, 0.2) is 0 Å². The summed E-state index contributed by atoms with van der Waals surface area (Å²) < 4.78 is 0. The van der Waals surface area contributed by atoms with Crippen molar-refractivity contribution < 1.29 is 5.11 Å². The van der Waals surface area contributed by atoms with Crippen LogP contribution in [-0.4, -0.2) is 5.11 Å². The van der Waals surface area contributed by atoms with E-state index in [2.05, 4.69) is 29.6 Å². The second-order valence-corrected chi connectivity index (χ2v) is 5.79. The van der Waals surface area contributed by atoms with Crippen molar-refractivity contribution in [1.29, 1.82) is 0 Å². The van der Waals surface area contributed by atoms with E-state index in [0.717, 1.165) is 27.7 Å². The highest BCUT2D eigenvalue weighted by Crippen LogP contribution is 2.33. The largest absolute Gasteiger partial charge is 0.386 e. The van der Waals surface area contributed by atoms with Crippen LogP contribution in [0.1, 0.15) is 19.4 Å². The number of aliphatic hydroxyl groups is 1. The van der Waals surface area contributed by atoms with E-state index in [9.17, 15) is 5.11 Å². The van der Waals surface area contributed by atoms with Crippen LogP contribution in [0.3, 0.4) is 0 Å². The molecule has 3 aromatic rings. The molecule has 0 amide bonds. The van der Waals surface area contributed by atoms with Crippen LogP contribution in [0, 0.1) is 0 Å². The van der Waals surface area contributed by atoms with Gasteiger partial charge in [0, 0.05) is 16.9 Å². The van der Waals surface area contributed by atoms with Crippen LogP contribution in [0.25, 0.3) is 10.8 Å². The van der Waals surface area contributed by atoms with E-state index < -0.39 is 5.60 Å². The first-order valence-corrected chi connectivity index (χ1v) is 7.12. The van der Waals surface area contributed by atoms with Crippen molar-refractivity contribution in [3.8, 4) is 0 Å². The molecule has 0 bridgehead atoms. The van der Waals surface area contributed by atoms with Crippen LogP contribution in [0.2, 0.25) is 0 Å². The zero-order valence-corrected chi connectivity index (χ0v) is 12.3. The third kappa shape index (κ3) is 2.91. The molecular formula is C19H19NO. The molecule has 0 aromatic heterocycles. The van der Waals surface area contributed by atoms with Crippen LogP contribution >= 0.6 is 0 Å². The summed E-state index contributed by atoms with van der Waals surface area (Å²) in [6, 6.07) is 22.3. The number of rotatable bonds is 3. The Morgan fingerprint density at radius 1 is 0.810 bits per heavy atom. The van der Waals surface area contributed by atoms with Gasteiger partial charge in [0.1, 0.15) is 0 Å². The van der Waals surface area contributed by atoms with Crippen molar-refractivity contribution in [3.63, 3.8) is 0 Å². The summed E-state index contributed by atoms with van der Waals surface area (Å²) in [6.07, 6.45) is 0. The summed E-state index contributed by atoms with van der Waals surface area (Å²) in [5.41, 5.74) is 1.94. The molecule has 0 radical (unpaired) electrons. The fraction of sp³-hybridized carbons (Fsp3) is 0.158. The Morgan fingerprint density at radius 3 is 2.00 bits per heavy atom. The smallest absolute Gasteiger partial charge is 0.0860 e. The lowest BCUT2D eigenvalue weighted by Crippen LogP contribution is -2.17. The molecule has 21 heavy (non-hydrogen) atoms. The van der Waals surface area contributed by atoms with Crippen molar-refractivity contribution in [2.24, 2.45) is 0 Å². The van der Waals surface area contributed by atoms with Crippen molar-refractivity contribution in [3.05, 3.63) is 72.3 Å². The van der Waals surface area contributed by atoms with Crippen LogP contribution in [0.5, 0.6) is 0 Å². The van der Waals surface area contributed by atoms with Gasteiger partial charge < -0.3 is 10.4 Å². The lowest BCUT2D eigenvalue weighted by atomic mass is 9.93. The fourth-order valence-electron chi connectivity index (χ4n) is 2.53. The van der Waals surface area contributed by atoms with E-state index in [4.69, 9.17) is 0 Å². The monoisotopic (exact) mass is 277 g/mol. The molecule has 0 saturated heterocycles. The topological polar surface area (TPSA) is 32.3 Å². The first-order chi connectivity index (χ1) is 10.0. The molecule has 3 rings (SSSR count). The minimum atomic E-state index is -0.902. The minimum absolute atomic E-state index is 0.894. The maximum Gasteiger partial charge on any atom is 0.0860 e. The number of fused-ring (bicyclic) bond motifs is 1. The SMILES string of the molecule is CC(C)(O)c1cc2ccccc2cc1Nc1ccccc1. The van der Waals surface area contributed by atoms with Crippen molar-refractivity contribution in [2.75, 3.05) is 5.32 Å². The van der Waals surface area contributed by atoms with Crippen molar-refractivity contribution >= 4 is 22.1 Å². The van der Waals surface area contributed by atoms with Gasteiger partial charge in [-0.1, -0.05) is 42.5 Å². The molecule has 0 aliphatic carbocycles. The molecule has 0 heterocycles. The molecule has 0 aliphatic heterocycles. The predicted molar refractivity (Wildman–Crippen MR) is 88.9 cm³/mol. The van der Waals surface area contributed by atoms with Gasteiger partial charge in [-0.15, -0.1) is 0 Å². The molecule has 2 heteroatoms. The summed E-state index contributed by atoms with van der Waals surface area (Å²) in [5, 5.41) is 16.2. The molecule has 0 aliphatic rings. The second kappa shape index (κ2) is 5.23. The number of para-hydroxylation sites is 1. The fourth-order valence-corrected chi connectivity index (χ4v) is 2.53. The summed E-state index contributed by atoms with van der Waals surface area (Å²) in [5.74, 6) is 0. The molecule has 106 valence electrons. The molecule has 2 nitrogen and oxygen atoms in total. The lowest BCUT2D eigenvalue weighted by Gasteiger charge is -2.23. The number of anilines is 2. The summed E-state index contributed by atoms with van der Waals surface area (Å²) >= 11 is 0. The number of hydrogen-bond donors (Lipinski definition) is 2. The van der Waals surface area contributed by atoms with E-state index in [0.29, 0.717) is 0 Å². The molecular weight excluding hydrogens is 258 g/mol. The Balaban J connectivity index is 2.14. The van der Waals surface area contributed by atoms with E-state index in [-0.39, 0.29) is 0 Å². The Labute approximate surface area is 125 Å². The first-order valence-electron chi connectivity index (χ1n) is 7.12. The normalized spacial score (nSPS) is 11.6.